The van der Waals surface area contributed by atoms with Gasteiger partial charge in [0.05, 0.1) is 24.1 Å². The number of hydrogen-bond donors (Lipinski definition) is 3. The first-order valence-electron chi connectivity index (χ1n) is 7.70. The van der Waals surface area contributed by atoms with Gasteiger partial charge in [-0.2, -0.15) is 15.6 Å². The molecule has 1 amide bonds. The number of aromatic nitrogens is 2. The zero-order chi connectivity index (χ0) is 16.9. The number of nitrogens with zero attached hydrogens (tertiary/aromatic N) is 3. The van der Waals surface area contributed by atoms with Gasteiger partial charge < -0.3 is 10.6 Å². The highest BCUT2D eigenvalue weighted by Crippen LogP contribution is 2.34. The molecule has 1 saturated carbocycles. The van der Waals surface area contributed by atoms with E-state index in [-0.39, 0.29) is 11.9 Å². The second-order valence-electron chi connectivity index (χ2n) is 5.74. The highest BCUT2D eigenvalue weighted by molar-refractivity contribution is 5.99. The molecule has 0 radical (unpaired) electrons. The maximum absolute atomic E-state index is 12.5. The first-order valence-corrected chi connectivity index (χ1v) is 7.70. The van der Waals surface area contributed by atoms with Gasteiger partial charge in [-0.25, -0.2) is 0 Å². The van der Waals surface area contributed by atoms with Crippen molar-refractivity contribution in [1.82, 2.24) is 15.5 Å². The fourth-order valence-corrected chi connectivity index (χ4v) is 2.54. The minimum absolute atomic E-state index is 0.118. The van der Waals surface area contributed by atoms with E-state index in [2.05, 4.69) is 33.0 Å². The van der Waals surface area contributed by atoms with E-state index < -0.39 is 0 Å². The Morgan fingerprint density at radius 1 is 1.42 bits per heavy atom. The predicted octanol–water partition coefficient (Wildman–Crippen LogP) is 2.45. The summed E-state index contributed by atoms with van der Waals surface area (Å²) < 4.78 is 0. The molecule has 2 aromatic rings. The molecule has 1 atom stereocenters. The maximum atomic E-state index is 12.5. The van der Waals surface area contributed by atoms with Crippen LogP contribution in [0.3, 0.4) is 0 Å². The fraction of sp³-hybridized carbons (Fsp3) is 0.294. The topological polar surface area (TPSA) is 117 Å². The molecule has 0 aliphatic heterocycles. The number of nitriles is 2. The predicted molar refractivity (Wildman–Crippen MR) is 87.2 cm³/mol. The number of amides is 1. The average molecular weight is 320 g/mol. The van der Waals surface area contributed by atoms with E-state index in [1.165, 1.54) is 6.20 Å². The van der Waals surface area contributed by atoms with E-state index in [9.17, 15) is 4.79 Å². The van der Waals surface area contributed by atoms with E-state index in [0.717, 1.165) is 12.8 Å². The van der Waals surface area contributed by atoms with Crippen LogP contribution in [-0.2, 0) is 0 Å². The van der Waals surface area contributed by atoms with Crippen molar-refractivity contribution in [3.8, 4) is 12.1 Å². The van der Waals surface area contributed by atoms with Crippen LogP contribution in [0.2, 0.25) is 0 Å². The molecule has 1 aromatic heterocycles. The van der Waals surface area contributed by atoms with Gasteiger partial charge in [0.25, 0.3) is 5.91 Å². The van der Waals surface area contributed by atoms with E-state index in [1.807, 2.05) is 0 Å². The molecule has 1 fully saturated rings. The molecule has 7 nitrogen and oxygen atoms in total. The van der Waals surface area contributed by atoms with Gasteiger partial charge in [0.2, 0.25) is 0 Å². The van der Waals surface area contributed by atoms with Crippen molar-refractivity contribution in [1.29, 1.82) is 10.5 Å². The number of benzene rings is 1. The second-order valence-corrected chi connectivity index (χ2v) is 5.74. The minimum atomic E-state index is -0.269. The van der Waals surface area contributed by atoms with Crippen molar-refractivity contribution < 1.29 is 4.79 Å². The standard InChI is InChI=1S/C17H16N6O/c18-7-6-15(12-4-5-12)22-17(24)14-10-20-23-16(14)21-13-3-1-2-11(8-13)9-19/h1-3,8,10,12,15H,4-6H2,(H,22,24)(H2,20,21,23). The van der Waals surface area contributed by atoms with E-state index in [4.69, 9.17) is 10.5 Å². The zero-order valence-electron chi connectivity index (χ0n) is 12.9. The number of rotatable bonds is 6. The second kappa shape index (κ2) is 6.84. The monoisotopic (exact) mass is 320 g/mol. The van der Waals surface area contributed by atoms with Crippen LogP contribution in [0, 0.1) is 28.6 Å². The Bertz CT molecular complexity index is 824. The maximum Gasteiger partial charge on any atom is 0.256 e. The third-order valence-corrected chi connectivity index (χ3v) is 3.96. The lowest BCUT2D eigenvalue weighted by Gasteiger charge is -2.15. The van der Waals surface area contributed by atoms with Crippen molar-refractivity contribution in [2.75, 3.05) is 5.32 Å². The van der Waals surface area contributed by atoms with Gasteiger partial charge >= 0.3 is 0 Å². The van der Waals surface area contributed by atoms with Gasteiger partial charge in [0.1, 0.15) is 5.56 Å². The Kier molecular flexibility index (Phi) is 4.44. The van der Waals surface area contributed by atoms with Crippen LogP contribution in [0.1, 0.15) is 35.2 Å². The number of H-pyrrole nitrogens is 1. The quantitative estimate of drug-likeness (QED) is 0.755. The largest absolute Gasteiger partial charge is 0.348 e. The van der Waals surface area contributed by atoms with Crippen molar-refractivity contribution in [2.45, 2.75) is 25.3 Å². The number of nitrogens with one attached hydrogen (secondary N) is 3. The molecule has 0 bridgehead atoms. The van der Waals surface area contributed by atoms with Gasteiger partial charge in [-0.1, -0.05) is 6.07 Å². The smallest absolute Gasteiger partial charge is 0.256 e. The first kappa shape index (κ1) is 15.6. The Labute approximate surface area is 139 Å². The van der Waals surface area contributed by atoms with Crippen LogP contribution in [0.4, 0.5) is 11.5 Å². The molecule has 1 aliphatic rings. The van der Waals surface area contributed by atoms with Crippen molar-refractivity contribution in [3.63, 3.8) is 0 Å². The van der Waals surface area contributed by atoms with Gasteiger partial charge in [0.15, 0.2) is 5.82 Å². The third kappa shape index (κ3) is 3.53. The van der Waals surface area contributed by atoms with E-state index in [1.54, 1.807) is 24.3 Å². The van der Waals surface area contributed by atoms with Crippen molar-refractivity contribution >= 4 is 17.4 Å². The lowest BCUT2D eigenvalue weighted by atomic mass is 10.1. The summed E-state index contributed by atoms with van der Waals surface area (Å²) >= 11 is 0. The summed E-state index contributed by atoms with van der Waals surface area (Å²) in [7, 11) is 0. The molecule has 1 aromatic carbocycles. The number of hydrogen-bond acceptors (Lipinski definition) is 5. The normalized spacial score (nSPS) is 14.2. The molecule has 1 heterocycles. The summed E-state index contributed by atoms with van der Waals surface area (Å²) in [5.41, 5.74) is 1.57. The lowest BCUT2D eigenvalue weighted by Crippen LogP contribution is -2.36. The third-order valence-electron chi connectivity index (χ3n) is 3.96. The van der Waals surface area contributed by atoms with Crippen LogP contribution >= 0.6 is 0 Å². The van der Waals surface area contributed by atoms with Gasteiger partial charge in [-0.05, 0) is 37.0 Å². The number of carbonyl (C=O) groups is 1. The molecule has 24 heavy (non-hydrogen) atoms. The van der Waals surface area contributed by atoms with Gasteiger partial charge in [0, 0.05) is 17.9 Å². The summed E-state index contributed by atoms with van der Waals surface area (Å²) in [6.07, 6.45) is 3.91. The van der Waals surface area contributed by atoms with Gasteiger partial charge in [-0.3, -0.25) is 9.89 Å². The number of aromatic amines is 1. The van der Waals surface area contributed by atoms with E-state index >= 15 is 0 Å². The molecular weight excluding hydrogens is 304 g/mol. The molecule has 3 rings (SSSR count). The van der Waals surface area contributed by atoms with Crippen LogP contribution in [0.5, 0.6) is 0 Å². The summed E-state index contributed by atoms with van der Waals surface area (Å²) in [6.45, 7) is 0. The van der Waals surface area contributed by atoms with Crippen LogP contribution in [0.25, 0.3) is 0 Å². The van der Waals surface area contributed by atoms with Gasteiger partial charge in [-0.15, -0.1) is 0 Å². The molecule has 0 spiro atoms. The zero-order valence-corrected chi connectivity index (χ0v) is 12.9. The fourth-order valence-electron chi connectivity index (χ4n) is 2.54. The summed E-state index contributed by atoms with van der Waals surface area (Å²) in [4.78, 5) is 12.5. The van der Waals surface area contributed by atoms with Crippen molar-refractivity contribution in [3.05, 3.63) is 41.6 Å². The van der Waals surface area contributed by atoms with Crippen molar-refractivity contribution in [2.24, 2.45) is 5.92 Å². The SMILES string of the molecule is N#CCC(NC(=O)c1c[nH]nc1Nc1cccc(C#N)c1)C1CC1. The van der Waals surface area contributed by atoms with Crippen LogP contribution in [0.15, 0.2) is 30.5 Å². The molecule has 1 unspecified atom stereocenters. The summed E-state index contributed by atoms with van der Waals surface area (Å²) in [5.74, 6) is 0.508. The highest BCUT2D eigenvalue weighted by Gasteiger charge is 2.32. The van der Waals surface area contributed by atoms with E-state index in [0.29, 0.717) is 35.0 Å². The summed E-state index contributed by atoms with van der Waals surface area (Å²) in [6, 6.07) is 11.0. The highest BCUT2D eigenvalue weighted by atomic mass is 16.1. The molecule has 3 N–H and O–H groups in total. The Balaban J connectivity index is 1.73. The Morgan fingerprint density at radius 2 is 2.25 bits per heavy atom. The molecule has 120 valence electrons. The molecule has 7 heteroatoms. The number of carbonyl (C=O) groups excluding carboxylic acids is 1. The van der Waals surface area contributed by atoms with Crippen LogP contribution in [-0.4, -0.2) is 22.1 Å². The average Bonchev–Trinajstić information content (AvgIpc) is 3.34. The molecule has 1 aliphatic carbocycles. The minimum Gasteiger partial charge on any atom is -0.348 e. The Hall–Kier alpha value is -3.32. The first-order chi connectivity index (χ1) is 11.7. The van der Waals surface area contributed by atoms with Crippen LogP contribution < -0.4 is 10.6 Å². The number of anilines is 2. The Morgan fingerprint density at radius 3 is 2.96 bits per heavy atom. The summed E-state index contributed by atoms with van der Waals surface area (Å²) in [5, 5.41) is 30.5. The lowest BCUT2D eigenvalue weighted by molar-refractivity contribution is 0.0934. The molecular formula is C17H16N6O. The molecule has 0 saturated heterocycles.